The molecule has 0 amide bonds. The first-order valence-corrected chi connectivity index (χ1v) is 7.56. The van der Waals surface area contributed by atoms with Crippen molar-refractivity contribution in [3.05, 3.63) is 64.8 Å². The molecule has 3 rings (SSSR count). The Morgan fingerprint density at radius 3 is 2.57 bits per heavy atom. The number of ether oxygens (including phenoxy) is 1. The number of aromatic nitrogens is 1. The topological polar surface area (TPSA) is 48.1 Å². The first-order chi connectivity index (χ1) is 10.2. The van der Waals surface area contributed by atoms with E-state index in [-0.39, 0.29) is 0 Å². The summed E-state index contributed by atoms with van der Waals surface area (Å²) in [5, 5.41) is 2.30. The van der Waals surface area contributed by atoms with Crippen molar-refractivity contribution in [3.8, 4) is 11.6 Å². The van der Waals surface area contributed by atoms with Gasteiger partial charge in [0, 0.05) is 16.7 Å². The van der Waals surface area contributed by atoms with E-state index in [1.165, 1.54) is 5.39 Å². The van der Waals surface area contributed by atoms with Gasteiger partial charge in [0.25, 0.3) is 0 Å². The molecule has 0 fully saturated rings. The second-order valence-corrected chi connectivity index (χ2v) is 5.71. The van der Waals surface area contributed by atoms with Crippen LogP contribution in [0.4, 0.5) is 0 Å². The molecule has 3 aromatic rings. The van der Waals surface area contributed by atoms with Crippen LogP contribution in [0.1, 0.15) is 5.56 Å². The highest BCUT2D eigenvalue weighted by Crippen LogP contribution is 2.26. The summed E-state index contributed by atoms with van der Waals surface area (Å²) >= 11 is 3.47. The predicted octanol–water partition coefficient (Wildman–Crippen LogP) is 4.29. The fourth-order valence-electron chi connectivity index (χ4n) is 2.16. The van der Waals surface area contributed by atoms with Crippen molar-refractivity contribution in [2.45, 2.75) is 6.42 Å². The first kappa shape index (κ1) is 14.0. The van der Waals surface area contributed by atoms with Crippen LogP contribution in [-0.2, 0) is 6.42 Å². The highest BCUT2D eigenvalue weighted by atomic mass is 79.9. The minimum absolute atomic E-state index is 0.590. The zero-order valence-corrected chi connectivity index (χ0v) is 13.0. The molecule has 1 heterocycles. The van der Waals surface area contributed by atoms with Crippen LogP contribution < -0.4 is 10.5 Å². The summed E-state index contributed by atoms with van der Waals surface area (Å²) in [6.07, 6.45) is 2.64. The molecule has 0 radical (unpaired) electrons. The zero-order chi connectivity index (χ0) is 14.7. The Bertz CT molecular complexity index is 756. The van der Waals surface area contributed by atoms with E-state index in [0.717, 1.165) is 27.6 Å². The van der Waals surface area contributed by atoms with E-state index in [1.54, 1.807) is 6.20 Å². The zero-order valence-electron chi connectivity index (χ0n) is 11.4. The van der Waals surface area contributed by atoms with Crippen LogP contribution in [0.15, 0.2) is 59.2 Å². The van der Waals surface area contributed by atoms with Crippen LogP contribution in [0.2, 0.25) is 0 Å². The van der Waals surface area contributed by atoms with Crippen LogP contribution in [0, 0.1) is 0 Å². The molecule has 2 aromatic carbocycles. The molecular formula is C17H15BrN2O. The number of rotatable bonds is 4. The van der Waals surface area contributed by atoms with Crippen LogP contribution in [0.5, 0.6) is 11.6 Å². The average molecular weight is 343 g/mol. The van der Waals surface area contributed by atoms with Gasteiger partial charge in [-0.3, -0.25) is 0 Å². The SMILES string of the molecule is NCCc1ccc(Oc2ccc3cc(Br)ccc3c2)nc1. The van der Waals surface area contributed by atoms with Crippen LogP contribution in [0.3, 0.4) is 0 Å². The molecule has 0 aliphatic rings. The maximum Gasteiger partial charge on any atom is 0.219 e. The Kier molecular flexibility index (Phi) is 4.18. The molecule has 0 aliphatic carbocycles. The van der Waals surface area contributed by atoms with Gasteiger partial charge in [-0.25, -0.2) is 4.98 Å². The van der Waals surface area contributed by atoms with Crippen LogP contribution in [-0.4, -0.2) is 11.5 Å². The average Bonchev–Trinajstić information content (AvgIpc) is 2.50. The number of benzene rings is 2. The second kappa shape index (κ2) is 6.24. The number of hydrogen-bond donors (Lipinski definition) is 1. The van der Waals surface area contributed by atoms with Gasteiger partial charge in [-0.2, -0.15) is 0 Å². The third-order valence-corrected chi connectivity index (χ3v) is 3.72. The summed E-state index contributed by atoms with van der Waals surface area (Å²) in [6, 6.07) is 16.0. The molecule has 0 aliphatic heterocycles. The van der Waals surface area contributed by atoms with E-state index in [9.17, 15) is 0 Å². The Balaban J connectivity index is 1.82. The number of hydrogen-bond acceptors (Lipinski definition) is 3. The van der Waals surface area contributed by atoms with Gasteiger partial charge in [0.1, 0.15) is 5.75 Å². The second-order valence-electron chi connectivity index (χ2n) is 4.80. The molecule has 0 spiro atoms. The van der Waals surface area contributed by atoms with Crippen LogP contribution in [0.25, 0.3) is 10.8 Å². The highest BCUT2D eigenvalue weighted by molar-refractivity contribution is 9.10. The minimum Gasteiger partial charge on any atom is -0.439 e. The minimum atomic E-state index is 0.590. The molecule has 4 heteroatoms. The Labute approximate surface area is 131 Å². The summed E-state index contributed by atoms with van der Waals surface area (Å²) in [4.78, 5) is 4.30. The van der Waals surface area contributed by atoms with E-state index < -0.39 is 0 Å². The Morgan fingerprint density at radius 1 is 1.00 bits per heavy atom. The van der Waals surface area contributed by atoms with Gasteiger partial charge >= 0.3 is 0 Å². The van der Waals surface area contributed by atoms with E-state index >= 15 is 0 Å². The van der Waals surface area contributed by atoms with Gasteiger partial charge in [-0.15, -0.1) is 0 Å². The van der Waals surface area contributed by atoms with E-state index in [1.807, 2.05) is 36.4 Å². The lowest BCUT2D eigenvalue weighted by Gasteiger charge is -2.07. The van der Waals surface area contributed by atoms with Gasteiger partial charge < -0.3 is 10.5 Å². The van der Waals surface area contributed by atoms with Gasteiger partial charge in [0.15, 0.2) is 0 Å². The summed E-state index contributed by atoms with van der Waals surface area (Å²) in [6.45, 7) is 0.627. The number of fused-ring (bicyclic) bond motifs is 1. The van der Waals surface area contributed by atoms with Crippen molar-refractivity contribution >= 4 is 26.7 Å². The number of nitrogens with two attached hydrogens (primary N) is 1. The van der Waals surface area contributed by atoms with Crippen molar-refractivity contribution < 1.29 is 4.74 Å². The Morgan fingerprint density at radius 2 is 1.81 bits per heavy atom. The highest BCUT2D eigenvalue weighted by Gasteiger charge is 2.02. The van der Waals surface area contributed by atoms with Gasteiger partial charge in [0.05, 0.1) is 0 Å². The van der Waals surface area contributed by atoms with Crippen molar-refractivity contribution in [2.75, 3.05) is 6.54 Å². The van der Waals surface area contributed by atoms with Gasteiger partial charge in [-0.05, 0) is 53.6 Å². The van der Waals surface area contributed by atoms with Crippen molar-refractivity contribution in [2.24, 2.45) is 5.73 Å². The normalized spacial score (nSPS) is 10.8. The molecule has 0 unspecified atom stereocenters. The maximum absolute atomic E-state index is 5.80. The molecule has 106 valence electrons. The van der Waals surface area contributed by atoms with Crippen molar-refractivity contribution in [1.82, 2.24) is 4.98 Å². The van der Waals surface area contributed by atoms with Crippen molar-refractivity contribution in [1.29, 1.82) is 0 Å². The van der Waals surface area contributed by atoms with E-state index in [0.29, 0.717) is 12.4 Å². The lowest BCUT2D eigenvalue weighted by Crippen LogP contribution is -2.02. The molecule has 1 aromatic heterocycles. The first-order valence-electron chi connectivity index (χ1n) is 6.77. The van der Waals surface area contributed by atoms with Gasteiger partial charge in [0.2, 0.25) is 5.88 Å². The fourth-order valence-corrected chi connectivity index (χ4v) is 2.54. The third kappa shape index (κ3) is 3.40. The molecule has 0 bridgehead atoms. The summed E-state index contributed by atoms with van der Waals surface area (Å²) < 4.78 is 6.87. The monoisotopic (exact) mass is 342 g/mol. The summed E-state index contributed by atoms with van der Waals surface area (Å²) in [5.41, 5.74) is 6.64. The maximum atomic E-state index is 5.80. The molecule has 0 saturated heterocycles. The largest absolute Gasteiger partial charge is 0.439 e. The number of pyridine rings is 1. The van der Waals surface area contributed by atoms with E-state index in [4.69, 9.17) is 10.5 Å². The lowest BCUT2D eigenvalue weighted by molar-refractivity contribution is 0.463. The van der Waals surface area contributed by atoms with Crippen molar-refractivity contribution in [3.63, 3.8) is 0 Å². The summed E-state index contributed by atoms with van der Waals surface area (Å²) in [7, 11) is 0. The van der Waals surface area contributed by atoms with Crippen LogP contribution >= 0.6 is 15.9 Å². The molecule has 2 N–H and O–H groups in total. The number of halogens is 1. The molecular weight excluding hydrogens is 328 g/mol. The molecule has 0 saturated carbocycles. The lowest BCUT2D eigenvalue weighted by atomic mass is 10.1. The number of nitrogens with zero attached hydrogens (tertiary/aromatic N) is 1. The quantitative estimate of drug-likeness (QED) is 0.769. The molecule has 3 nitrogen and oxygen atoms in total. The Hall–Kier alpha value is -1.91. The van der Waals surface area contributed by atoms with E-state index in [2.05, 4.69) is 33.0 Å². The summed E-state index contributed by atoms with van der Waals surface area (Å²) in [5.74, 6) is 1.37. The predicted molar refractivity (Wildman–Crippen MR) is 88.7 cm³/mol. The van der Waals surface area contributed by atoms with Gasteiger partial charge in [-0.1, -0.05) is 34.1 Å². The third-order valence-electron chi connectivity index (χ3n) is 3.23. The molecule has 21 heavy (non-hydrogen) atoms. The smallest absolute Gasteiger partial charge is 0.219 e. The molecule has 0 atom stereocenters. The fraction of sp³-hybridized carbons (Fsp3) is 0.118. The standard InChI is InChI=1S/C17H15BrN2O/c18-15-4-2-14-10-16(5-3-13(14)9-15)21-17-6-1-12(7-8-19)11-20-17/h1-6,9-11H,7-8,19H2.